The van der Waals surface area contributed by atoms with E-state index in [0.29, 0.717) is 6.54 Å². The largest absolute Gasteiger partial charge is 0.393 e. The van der Waals surface area contributed by atoms with Crippen molar-refractivity contribution in [1.82, 2.24) is 9.80 Å². The van der Waals surface area contributed by atoms with E-state index in [1.807, 2.05) is 45.4 Å². The molecule has 4 heteroatoms. The Hall–Kier alpha value is -1.39. The van der Waals surface area contributed by atoms with E-state index >= 15 is 0 Å². The van der Waals surface area contributed by atoms with Gasteiger partial charge >= 0.3 is 0 Å². The highest BCUT2D eigenvalue weighted by atomic mass is 16.3. The molecule has 0 spiro atoms. The lowest BCUT2D eigenvalue weighted by atomic mass is 10.0. The van der Waals surface area contributed by atoms with E-state index in [0.717, 1.165) is 36.9 Å². The first-order chi connectivity index (χ1) is 9.97. The van der Waals surface area contributed by atoms with Gasteiger partial charge in [0.2, 0.25) is 0 Å². The molecule has 4 nitrogen and oxygen atoms in total. The van der Waals surface area contributed by atoms with E-state index in [9.17, 15) is 9.90 Å². The lowest BCUT2D eigenvalue weighted by Gasteiger charge is -2.23. The summed E-state index contributed by atoms with van der Waals surface area (Å²) in [5, 5.41) is 9.89. The van der Waals surface area contributed by atoms with Crippen molar-refractivity contribution < 1.29 is 9.90 Å². The summed E-state index contributed by atoms with van der Waals surface area (Å²) in [5.74, 6) is 0.263. The summed E-state index contributed by atoms with van der Waals surface area (Å²) in [6.45, 7) is 1.46. The monoisotopic (exact) mass is 290 g/mol. The number of rotatable bonds is 5. The number of benzene rings is 1. The first-order valence-electron chi connectivity index (χ1n) is 7.64. The zero-order chi connectivity index (χ0) is 15.4. The van der Waals surface area contributed by atoms with Crippen LogP contribution < -0.4 is 0 Å². The number of hydrogen-bond acceptors (Lipinski definition) is 3. The fraction of sp³-hybridized carbons (Fsp3) is 0.588. The number of aliphatic hydroxyl groups is 1. The van der Waals surface area contributed by atoms with E-state index in [1.165, 1.54) is 0 Å². The summed E-state index contributed by atoms with van der Waals surface area (Å²) in [7, 11) is 5.86. The van der Waals surface area contributed by atoms with Crippen LogP contribution in [0.1, 0.15) is 35.2 Å². The second-order valence-corrected chi connectivity index (χ2v) is 6.38. The third-order valence-corrected chi connectivity index (χ3v) is 4.15. The second kappa shape index (κ2) is 7.05. The molecule has 0 radical (unpaired) electrons. The van der Waals surface area contributed by atoms with Gasteiger partial charge in [-0.25, -0.2) is 0 Å². The maximum Gasteiger partial charge on any atom is 0.253 e. The number of hydrogen-bond donors (Lipinski definition) is 1. The third kappa shape index (κ3) is 4.29. The molecule has 2 unspecified atom stereocenters. The standard InChI is InChI=1S/C17H26N2O2/c1-18(2)11-13-6-4-7-14(10-13)17(21)19(3)12-15-8-5-9-16(15)20/h4,6-7,10,15-16,20H,5,8-9,11-12H2,1-3H3. The van der Waals surface area contributed by atoms with Crippen molar-refractivity contribution in [3.8, 4) is 0 Å². The van der Waals surface area contributed by atoms with Crippen LogP contribution >= 0.6 is 0 Å². The summed E-state index contributed by atoms with van der Waals surface area (Å²) < 4.78 is 0. The lowest BCUT2D eigenvalue weighted by molar-refractivity contribution is 0.0693. The van der Waals surface area contributed by atoms with Gasteiger partial charge < -0.3 is 14.9 Å². The number of nitrogens with zero attached hydrogens (tertiary/aromatic N) is 2. The molecule has 1 amide bonds. The molecule has 2 atom stereocenters. The average molecular weight is 290 g/mol. The smallest absolute Gasteiger partial charge is 0.253 e. The molecule has 1 N–H and O–H groups in total. The number of aliphatic hydroxyl groups excluding tert-OH is 1. The van der Waals surface area contributed by atoms with Gasteiger partial charge in [-0.2, -0.15) is 0 Å². The van der Waals surface area contributed by atoms with Gasteiger partial charge in [0, 0.05) is 31.6 Å². The molecule has 0 heterocycles. The number of amides is 1. The molecule has 0 aliphatic heterocycles. The van der Waals surface area contributed by atoms with Crippen LogP contribution in [0.4, 0.5) is 0 Å². The summed E-state index contributed by atoms with van der Waals surface area (Å²) >= 11 is 0. The third-order valence-electron chi connectivity index (χ3n) is 4.15. The van der Waals surface area contributed by atoms with Crippen molar-refractivity contribution in [3.63, 3.8) is 0 Å². The van der Waals surface area contributed by atoms with Crippen LogP contribution in [0.3, 0.4) is 0 Å². The first kappa shape index (κ1) is 16.0. The fourth-order valence-corrected chi connectivity index (χ4v) is 3.05. The molecule has 1 aromatic carbocycles. The number of carbonyl (C=O) groups excluding carboxylic acids is 1. The van der Waals surface area contributed by atoms with E-state index in [4.69, 9.17) is 0 Å². The summed E-state index contributed by atoms with van der Waals surface area (Å²) in [6, 6.07) is 7.80. The van der Waals surface area contributed by atoms with E-state index < -0.39 is 0 Å². The lowest BCUT2D eigenvalue weighted by Crippen LogP contribution is -2.34. The molecule has 2 rings (SSSR count). The summed E-state index contributed by atoms with van der Waals surface area (Å²) in [5.41, 5.74) is 1.87. The van der Waals surface area contributed by atoms with Gasteiger partial charge in [0.1, 0.15) is 0 Å². The molecule has 21 heavy (non-hydrogen) atoms. The minimum Gasteiger partial charge on any atom is -0.393 e. The molecule has 1 aliphatic rings. The van der Waals surface area contributed by atoms with Crippen LogP contribution in [0.15, 0.2) is 24.3 Å². The Balaban J connectivity index is 2.01. The van der Waals surface area contributed by atoms with Crippen LogP contribution in [0.25, 0.3) is 0 Å². The highest BCUT2D eigenvalue weighted by Gasteiger charge is 2.27. The Labute approximate surface area is 127 Å². The van der Waals surface area contributed by atoms with Crippen molar-refractivity contribution in [2.45, 2.75) is 31.9 Å². The van der Waals surface area contributed by atoms with Crippen LogP contribution in [0.2, 0.25) is 0 Å². The zero-order valence-corrected chi connectivity index (χ0v) is 13.2. The van der Waals surface area contributed by atoms with E-state index in [2.05, 4.69) is 4.90 Å². The zero-order valence-electron chi connectivity index (χ0n) is 13.2. The summed E-state index contributed by atoms with van der Waals surface area (Å²) in [4.78, 5) is 16.3. The Morgan fingerprint density at radius 1 is 1.29 bits per heavy atom. The van der Waals surface area contributed by atoms with Gasteiger partial charge in [0.25, 0.3) is 5.91 Å². The molecule has 1 saturated carbocycles. The topological polar surface area (TPSA) is 43.8 Å². The Bertz CT molecular complexity index is 487. The normalized spacial score (nSPS) is 21.8. The maximum atomic E-state index is 12.5. The molecule has 1 aliphatic carbocycles. The predicted octanol–water partition coefficient (Wildman–Crippen LogP) is 1.98. The van der Waals surface area contributed by atoms with Crippen LogP contribution in [-0.4, -0.2) is 54.6 Å². The van der Waals surface area contributed by atoms with Gasteiger partial charge in [-0.05, 0) is 44.6 Å². The molecule has 1 aromatic rings. The minimum atomic E-state index is -0.250. The molecule has 116 valence electrons. The van der Waals surface area contributed by atoms with Gasteiger partial charge in [-0.1, -0.05) is 18.6 Å². The van der Waals surface area contributed by atoms with Gasteiger partial charge in [0.15, 0.2) is 0 Å². The van der Waals surface area contributed by atoms with Crippen molar-refractivity contribution in [1.29, 1.82) is 0 Å². The first-order valence-corrected chi connectivity index (χ1v) is 7.64. The molecule has 0 aromatic heterocycles. The maximum absolute atomic E-state index is 12.5. The van der Waals surface area contributed by atoms with Crippen molar-refractivity contribution in [2.24, 2.45) is 5.92 Å². The Morgan fingerprint density at radius 2 is 2.05 bits per heavy atom. The highest BCUT2D eigenvalue weighted by molar-refractivity contribution is 5.94. The minimum absolute atomic E-state index is 0.0368. The fourth-order valence-electron chi connectivity index (χ4n) is 3.05. The van der Waals surface area contributed by atoms with Crippen molar-refractivity contribution >= 4 is 5.91 Å². The van der Waals surface area contributed by atoms with Crippen LogP contribution in [-0.2, 0) is 6.54 Å². The summed E-state index contributed by atoms with van der Waals surface area (Å²) in [6.07, 6.45) is 2.69. The average Bonchev–Trinajstić information content (AvgIpc) is 2.83. The second-order valence-electron chi connectivity index (χ2n) is 6.38. The molecule has 0 saturated heterocycles. The SMILES string of the molecule is CN(C)Cc1cccc(C(=O)N(C)CC2CCCC2O)c1. The van der Waals surface area contributed by atoms with Crippen LogP contribution in [0.5, 0.6) is 0 Å². The molecule has 0 bridgehead atoms. The number of carbonyl (C=O) groups is 1. The van der Waals surface area contributed by atoms with Crippen molar-refractivity contribution in [2.75, 3.05) is 27.7 Å². The Morgan fingerprint density at radius 3 is 2.67 bits per heavy atom. The van der Waals surface area contributed by atoms with E-state index in [1.54, 1.807) is 4.90 Å². The van der Waals surface area contributed by atoms with Gasteiger partial charge in [-0.15, -0.1) is 0 Å². The Kier molecular flexibility index (Phi) is 5.37. The molecular weight excluding hydrogens is 264 g/mol. The molecular formula is C17H26N2O2. The van der Waals surface area contributed by atoms with Crippen LogP contribution in [0, 0.1) is 5.92 Å². The quantitative estimate of drug-likeness (QED) is 0.902. The van der Waals surface area contributed by atoms with Gasteiger partial charge in [0.05, 0.1) is 6.10 Å². The van der Waals surface area contributed by atoms with Gasteiger partial charge in [-0.3, -0.25) is 4.79 Å². The van der Waals surface area contributed by atoms with Crippen molar-refractivity contribution in [3.05, 3.63) is 35.4 Å². The van der Waals surface area contributed by atoms with E-state index in [-0.39, 0.29) is 17.9 Å². The molecule has 1 fully saturated rings. The highest BCUT2D eigenvalue weighted by Crippen LogP contribution is 2.26. The predicted molar refractivity (Wildman–Crippen MR) is 84.1 cm³/mol.